The molecule has 2 rings (SSSR count). The number of hydrogen-bond donors (Lipinski definition) is 1. The Balaban J connectivity index is 0.000000181. The highest BCUT2D eigenvalue weighted by molar-refractivity contribution is 7.85. The Morgan fingerprint density at radius 3 is 2.25 bits per heavy atom. The maximum absolute atomic E-state index is 10.3. The minimum absolute atomic E-state index is 0.324. The molecule has 6 heteroatoms. The molecule has 0 bridgehead atoms. The molecule has 0 spiro atoms. The minimum atomic E-state index is -4.11. The fourth-order valence-electron chi connectivity index (χ4n) is 0.860. The summed E-state index contributed by atoms with van der Waals surface area (Å²) in [4.78, 5) is 3.41. The summed E-state index contributed by atoms with van der Waals surface area (Å²) in [5, 5.41) is -0.324. The molecule has 16 heavy (non-hydrogen) atoms. The first kappa shape index (κ1) is 12.4. The number of furan rings is 1. The number of nitrogens with zero attached hydrogens (tertiary/aromatic N) is 1. The van der Waals surface area contributed by atoms with E-state index in [0.717, 1.165) is 5.76 Å². The average molecular weight is 241 g/mol. The SMILES string of the molecule is Cc1ccco1.O=S(=O)(O)c1ccccn1. The second-order valence-corrected chi connectivity index (χ2v) is 4.24. The third kappa shape index (κ3) is 4.24. The zero-order valence-electron chi connectivity index (χ0n) is 8.57. The molecule has 1 N–H and O–H groups in total. The topological polar surface area (TPSA) is 80.4 Å². The monoisotopic (exact) mass is 241 g/mol. The minimum Gasteiger partial charge on any atom is -0.470 e. The lowest BCUT2D eigenvalue weighted by molar-refractivity contribution is 0.479. The van der Waals surface area contributed by atoms with E-state index >= 15 is 0 Å². The molecule has 2 heterocycles. The van der Waals surface area contributed by atoms with Crippen LogP contribution in [0.25, 0.3) is 0 Å². The van der Waals surface area contributed by atoms with Gasteiger partial charge in [0.15, 0.2) is 5.03 Å². The van der Waals surface area contributed by atoms with E-state index in [0.29, 0.717) is 0 Å². The second-order valence-electron chi connectivity index (χ2n) is 2.87. The quantitative estimate of drug-likeness (QED) is 0.771. The molecular weight excluding hydrogens is 230 g/mol. The zero-order valence-corrected chi connectivity index (χ0v) is 9.39. The lowest BCUT2D eigenvalue weighted by atomic mass is 10.5. The third-order valence-corrected chi connectivity index (χ3v) is 2.34. The van der Waals surface area contributed by atoms with Crippen molar-refractivity contribution in [2.24, 2.45) is 0 Å². The Morgan fingerprint density at radius 1 is 1.25 bits per heavy atom. The van der Waals surface area contributed by atoms with Crippen LogP contribution in [-0.4, -0.2) is 18.0 Å². The molecule has 0 atom stereocenters. The van der Waals surface area contributed by atoms with E-state index in [1.807, 2.05) is 19.1 Å². The van der Waals surface area contributed by atoms with Crippen LogP contribution in [-0.2, 0) is 10.1 Å². The molecular formula is C10H11NO4S. The van der Waals surface area contributed by atoms with Gasteiger partial charge in [-0.2, -0.15) is 8.42 Å². The maximum Gasteiger partial charge on any atom is 0.312 e. The van der Waals surface area contributed by atoms with Crippen LogP contribution < -0.4 is 0 Å². The zero-order chi connectivity index (χ0) is 12.0. The Bertz CT molecular complexity index is 505. The van der Waals surface area contributed by atoms with Gasteiger partial charge < -0.3 is 4.42 Å². The standard InChI is InChI=1S/C5H5NO3S.C5H6O/c7-10(8,9)5-3-1-2-4-6-5;1-5-3-2-4-6-5/h1-4H,(H,7,8,9);2-4H,1H3. The molecule has 0 aliphatic carbocycles. The first-order valence-corrected chi connectivity index (χ1v) is 5.83. The van der Waals surface area contributed by atoms with Crippen LogP contribution in [0.4, 0.5) is 0 Å². The smallest absolute Gasteiger partial charge is 0.312 e. The molecule has 0 saturated carbocycles. The van der Waals surface area contributed by atoms with Crippen LogP contribution >= 0.6 is 0 Å². The summed E-state index contributed by atoms with van der Waals surface area (Å²) >= 11 is 0. The van der Waals surface area contributed by atoms with Crippen LogP contribution in [0.3, 0.4) is 0 Å². The van der Waals surface area contributed by atoms with E-state index in [-0.39, 0.29) is 5.03 Å². The molecule has 0 aliphatic rings. The summed E-state index contributed by atoms with van der Waals surface area (Å²) in [6.45, 7) is 1.92. The molecule has 5 nitrogen and oxygen atoms in total. The molecule has 86 valence electrons. The Labute approximate surface area is 93.5 Å². The van der Waals surface area contributed by atoms with Crippen molar-refractivity contribution in [1.82, 2.24) is 4.98 Å². The van der Waals surface area contributed by atoms with Crippen molar-refractivity contribution in [2.45, 2.75) is 11.9 Å². The van der Waals surface area contributed by atoms with Gasteiger partial charge in [0.25, 0.3) is 0 Å². The van der Waals surface area contributed by atoms with Crippen molar-refractivity contribution in [3.05, 3.63) is 48.6 Å². The van der Waals surface area contributed by atoms with E-state index < -0.39 is 10.1 Å². The van der Waals surface area contributed by atoms with Gasteiger partial charge in [-0.05, 0) is 31.2 Å². The van der Waals surface area contributed by atoms with Crippen LogP contribution in [0.2, 0.25) is 0 Å². The first-order chi connectivity index (χ1) is 7.50. The molecule has 0 unspecified atom stereocenters. The Hall–Kier alpha value is -1.66. The van der Waals surface area contributed by atoms with Crippen LogP contribution in [0, 0.1) is 6.92 Å². The van der Waals surface area contributed by atoms with E-state index in [2.05, 4.69) is 4.98 Å². The van der Waals surface area contributed by atoms with Gasteiger partial charge in [-0.1, -0.05) is 6.07 Å². The summed E-state index contributed by atoms with van der Waals surface area (Å²) in [6, 6.07) is 8.05. The molecule has 0 aliphatic heterocycles. The summed E-state index contributed by atoms with van der Waals surface area (Å²) in [7, 11) is -4.11. The number of aromatic nitrogens is 1. The molecule has 0 aromatic carbocycles. The van der Waals surface area contributed by atoms with Crippen molar-refractivity contribution in [3.63, 3.8) is 0 Å². The summed E-state index contributed by atoms with van der Waals surface area (Å²) in [5.41, 5.74) is 0. The predicted molar refractivity (Wildman–Crippen MR) is 57.5 cm³/mol. The number of hydrogen-bond acceptors (Lipinski definition) is 4. The van der Waals surface area contributed by atoms with Crippen molar-refractivity contribution in [2.75, 3.05) is 0 Å². The third-order valence-electron chi connectivity index (χ3n) is 1.57. The van der Waals surface area contributed by atoms with E-state index in [4.69, 9.17) is 8.97 Å². The van der Waals surface area contributed by atoms with E-state index in [1.165, 1.54) is 18.3 Å². The molecule has 2 aromatic heterocycles. The molecule has 0 fully saturated rings. The normalized spacial score (nSPS) is 10.4. The molecule has 2 aromatic rings. The van der Waals surface area contributed by atoms with Crippen molar-refractivity contribution in [3.8, 4) is 0 Å². The second kappa shape index (κ2) is 5.43. The van der Waals surface area contributed by atoms with Gasteiger partial charge in [0.1, 0.15) is 5.76 Å². The highest BCUT2D eigenvalue weighted by atomic mass is 32.2. The van der Waals surface area contributed by atoms with Crippen LogP contribution in [0.5, 0.6) is 0 Å². The molecule has 0 radical (unpaired) electrons. The number of rotatable bonds is 1. The fraction of sp³-hybridized carbons (Fsp3) is 0.100. The lowest BCUT2D eigenvalue weighted by Crippen LogP contribution is -1.99. The van der Waals surface area contributed by atoms with Gasteiger partial charge >= 0.3 is 10.1 Å². The Kier molecular flexibility index (Phi) is 4.21. The highest BCUT2D eigenvalue weighted by Gasteiger charge is 2.07. The van der Waals surface area contributed by atoms with Gasteiger partial charge in [0.2, 0.25) is 0 Å². The van der Waals surface area contributed by atoms with Crippen molar-refractivity contribution < 1.29 is 17.4 Å². The van der Waals surface area contributed by atoms with Gasteiger partial charge in [0, 0.05) is 6.20 Å². The van der Waals surface area contributed by atoms with E-state index in [1.54, 1.807) is 12.3 Å². The maximum atomic E-state index is 10.3. The van der Waals surface area contributed by atoms with Gasteiger partial charge in [-0.3, -0.25) is 4.55 Å². The van der Waals surface area contributed by atoms with Crippen molar-refractivity contribution >= 4 is 10.1 Å². The van der Waals surface area contributed by atoms with E-state index in [9.17, 15) is 8.42 Å². The average Bonchev–Trinajstić information content (AvgIpc) is 2.70. The predicted octanol–water partition coefficient (Wildman–Crippen LogP) is 1.92. The van der Waals surface area contributed by atoms with Crippen LogP contribution in [0.1, 0.15) is 5.76 Å². The first-order valence-electron chi connectivity index (χ1n) is 4.39. The van der Waals surface area contributed by atoms with Gasteiger partial charge in [-0.15, -0.1) is 0 Å². The fourth-order valence-corrected chi connectivity index (χ4v) is 1.30. The highest BCUT2D eigenvalue weighted by Crippen LogP contribution is 2.00. The Morgan fingerprint density at radius 2 is 2.00 bits per heavy atom. The largest absolute Gasteiger partial charge is 0.470 e. The lowest BCUT2D eigenvalue weighted by Gasteiger charge is -1.91. The summed E-state index contributed by atoms with van der Waals surface area (Å²) < 4.78 is 33.9. The van der Waals surface area contributed by atoms with Crippen molar-refractivity contribution in [1.29, 1.82) is 0 Å². The number of pyridine rings is 1. The van der Waals surface area contributed by atoms with Gasteiger partial charge in [-0.25, -0.2) is 4.98 Å². The summed E-state index contributed by atoms with van der Waals surface area (Å²) in [5.74, 6) is 0.968. The molecule has 0 saturated heterocycles. The van der Waals surface area contributed by atoms with Crippen LogP contribution in [0.15, 0.2) is 52.2 Å². The van der Waals surface area contributed by atoms with Gasteiger partial charge in [0.05, 0.1) is 6.26 Å². The summed E-state index contributed by atoms with van der Waals surface area (Å²) in [6.07, 6.45) is 2.96. The molecule has 0 amide bonds. The number of aryl methyl sites for hydroxylation is 1.